The summed E-state index contributed by atoms with van der Waals surface area (Å²) in [7, 11) is 0. The number of benzene rings is 3. The van der Waals surface area contributed by atoms with Gasteiger partial charge in [0.25, 0.3) is 5.91 Å². The van der Waals surface area contributed by atoms with Gasteiger partial charge in [-0.1, -0.05) is 30.3 Å². The number of carbonyl (C=O) groups excluding carboxylic acids is 2. The van der Waals surface area contributed by atoms with Crippen molar-refractivity contribution in [2.24, 2.45) is 0 Å². The maximum atomic E-state index is 12.2. The third-order valence-corrected chi connectivity index (χ3v) is 4.48. The lowest BCUT2D eigenvalue weighted by Gasteiger charge is -2.20. The normalized spacial score (nSPS) is 10.8. The van der Waals surface area contributed by atoms with E-state index in [0.29, 0.717) is 17.9 Å². The third-order valence-electron chi connectivity index (χ3n) is 4.48. The van der Waals surface area contributed by atoms with E-state index in [2.05, 4.69) is 16.0 Å². The second kappa shape index (κ2) is 10.5. The molecular formula is C26H29N3O3. The molecule has 0 aliphatic carbocycles. The monoisotopic (exact) mass is 431 g/mol. The van der Waals surface area contributed by atoms with E-state index in [1.807, 2.05) is 75.4 Å². The van der Waals surface area contributed by atoms with Crippen molar-refractivity contribution in [1.29, 1.82) is 0 Å². The molecule has 3 aromatic rings. The first-order valence-corrected chi connectivity index (χ1v) is 10.5. The molecule has 0 aliphatic rings. The summed E-state index contributed by atoms with van der Waals surface area (Å²) in [6.45, 7) is 6.41. The van der Waals surface area contributed by atoms with Crippen LogP contribution in [0.3, 0.4) is 0 Å². The quantitative estimate of drug-likeness (QED) is 0.477. The minimum atomic E-state index is -0.304. The highest BCUT2D eigenvalue weighted by atomic mass is 16.5. The van der Waals surface area contributed by atoms with E-state index < -0.39 is 0 Å². The molecule has 3 N–H and O–H groups in total. The average Bonchev–Trinajstić information content (AvgIpc) is 2.77. The molecule has 0 aromatic heterocycles. The summed E-state index contributed by atoms with van der Waals surface area (Å²) in [4.78, 5) is 24.4. The Bertz CT molecular complexity index is 1020. The second-order valence-electron chi connectivity index (χ2n) is 8.48. The van der Waals surface area contributed by atoms with Crippen molar-refractivity contribution in [2.75, 3.05) is 17.2 Å². The van der Waals surface area contributed by atoms with Crippen LogP contribution in [0, 0.1) is 0 Å². The maximum absolute atomic E-state index is 12.2. The molecule has 6 heteroatoms. The van der Waals surface area contributed by atoms with E-state index in [-0.39, 0.29) is 23.9 Å². The Kier molecular flexibility index (Phi) is 7.49. The summed E-state index contributed by atoms with van der Waals surface area (Å²) in [6.07, 6.45) is 0. The van der Waals surface area contributed by atoms with Crippen LogP contribution >= 0.6 is 0 Å². The molecule has 6 nitrogen and oxygen atoms in total. The van der Waals surface area contributed by atoms with Crippen molar-refractivity contribution in [3.05, 3.63) is 90.0 Å². The average molecular weight is 432 g/mol. The van der Waals surface area contributed by atoms with Crippen LogP contribution in [0.15, 0.2) is 78.9 Å². The maximum Gasteiger partial charge on any atom is 0.251 e. The summed E-state index contributed by atoms with van der Waals surface area (Å²) >= 11 is 0. The highest BCUT2D eigenvalue weighted by Crippen LogP contribution is 2.17. The second-order valence-corrected chi connectivity index (χ2v) is 8.48. The van der Waals surface area contributed by atoms with Crippen molar-refractivity contribution in [2.45, 2.75) is 32.9 Å². The van der Waals surface area contributed by atoms with Gasteiger partial charge in [-0.3, -0.25) is 9.59 Å². The number of nitrogens with one attached hydrogen (secondary N) is 3. The Morgan fingerprint density at radius 1 is 0.812 bits per heavy atom. The van der Waals surface area contributed by atoms with E-state index in [0.717, 1.165) is 17.0 Å². The van der Waals surface area contributed by atoms with E-state index >= 15 is 0 Å². The fourth-order valence-electron chi connectivity index (χ4n) is 2.92. The van der Waals surface area contributed by atoms with Crippen LogP contribution in [0.1, 0.15) is 36.7 Å². The van der Waals surface area contributed by atoms with Gasteiger partial charge in [-0.15, -0.1) is 0 Å². The number of ether oxygens (including phenoxy) is 1. The zero-order valence-electron chi connectivity index (χ0n) is 18.6. The molecule has 3 aromatic carbocycles. The Morgan fingerprint density at radius 2 is 1.44 bits per heavy atom. The van der Waals surface area contributed by atoms with E-state index in [1.54, 1.807) is 24.3 Å². The molecule has 32 heavy (non-hydrogen) atoms. The van der Waals surface area contributed by atoms with Gasteiger partial charge < -0.3 is 20.7 Å². The minimum absolute atomic E-state index is 0.122. The first-order valence-electron chi connectivity index (χ1n) is 10.5. The Hall–Kier alpha value is -3.80. The molecule has 0 fully saturated rings. The molecule has 0 bridgehead atoms. The molecule has 0 radical (unpaired) electrons. The van der Waals surface area contributed by atoms with Crippen molar-refractivity contribution < 1.29 is 14.3 Å². The molecule has 2 amide bonds. The van der Waals surface area contributed by atoms with E-state index in [4.69, 9.17) is 4.74 Å². The molecule has 0 unspecified atom stereocenters. The summed E-state index contributed by atoms with van der Waals surface area (Å²) in [5.74, 6) is 0.439. The zero-order chi connectivity index (χ0) is 23.0. The Morgan fingerprint density at radius 3 is 2.06 bits per heavy atom. The molecule has 0 saturated heterocycles. The smallest absolute Gasteiger partial charge is 0.251 e. The SMILES string of the molecule is CC(C)(C)NC(=O)c1ccc(NC(=O)CNc2ccc(OCc3ccccc3)cc2)cc1. The molecule has 166 valence electrons. The topological polar surface area (TPSA) is 79.5 Å². The first-order chi connectivity index (χ1) is 15.3. The van der Waals surface area contributed by atoms with Gasteiger partial charge in [0.2, 0.25) is 5.91 Å². The minimum Gasteiger partial charge on any atom is -0.489 e. The van der Waals surface area contributed by atoms with Gasteiger partial charge in [0.05, 0.1) is 6.54 Å². The number of anilines is 2. The van der Waals surface area contributed by atoms with E-state index in [9.17, 15) is 9.59 Å². The number of hydrogen-bond acceptors (Lipinski definition) is 4. The fraction of sp³-hybridized carbons (Fsp3) is 0.231. The lowest BCUT2D eigenvalue weighted by Crippen LogP contribution is -2.40. The highest BCUT2D eigenvalue weighted by molar-refractivity contribution is 5.97. The van der Waals surface area contributed by atoms with Crippen molar-refractivity contribution in [3.8, 4) is 5.75 Å². The summed E-state index contributed by atoms with van der Waals surface area (Å²) in [5.41, 5.74) is 2.80. The lowest BCUT2D eigenvalue weighted by molar-refractivity contribution is -0.114. The van der Waals surface area contributed by atoms with Crippen molar-refractivity contribution >= 4 is 23.2 Å². The standard InChI is InChI=1S/C26H29N3O3/c1-26(2,3)29-25(31)20-9-11-22(12-10-20)28-24(30)17-27-21-13-15-23(16-14-21)32-18-19-7-5-4-6-8-19/h4-16,27H,17-18H2,1-3H3,(H,28,30)(H,29,31). The Balaban J connectivity index is 1.44. The van der Waals surface area contributed by atoms with E-state index in [1.165, 1.54) is 0 Å². The van der Waals surface area contributed by atoms with Gasteiger partial charge in [0.1, 0.15) is 12.4 Å². The van der Waals surface area contributed by atoms with Crippen LogP contribution in [0.2, 0.25) is 0 Å². The molecule has 0 saturated carbocycles. The predicted octanol–water partition coefficient (Wildman–Crippen LogP) is 4.84. The summed E-state index contributed by atoms with van der Waals surface area (Å²) in [5, 5.41) is 8.82. The van der Waals surface area contributed by atoms with Crippen LogP contribution in [0.5, 0.6) is 5.75 Å². The van der Waals surface area contributed by atoms with Gasteiger partial charge in [-0.05, 0) is 74.9 Å². The summed E-state index contributed by atoms with van der Waals surface area (Å²) < 4.78 is 5.77. The number of carbonyl (C=O) groups is 2. The van der Waals surface area contributed by atoms with Crippen LogP contribution < -0.4 is 20.7 Å². The van der Waals surface area contributed by atoms with Crippen LogP contribution in [-0.2, 0) is 11.4 Å². The van der Waals surface area contributed by atoms with Gasteiger partial charge in [-0.25, -0.2) is 0 Å². The van der Waals surface area contributed by atoms with Crippen LogP contribution in [0.25, 0.3) is 0 Å². The fourth-order valence-corrected chi connectivity index (χ4v) is 2.92. The van der Waals surface area contributed by atoms with Crippen molar-refractivity contribution in [1.82, 2.24) is 5.32 Å². The third kappa shape index (κ3) is 7.47. The van der Waals surface area contributed by atoms with Crippen molar-refractivity contribution in [3.63, 3.8) is 0 Å². The lowest BCUT2D eigenvalue weighted by atomic mass is 10.1. The van der Waals surface area contributed by atoms with Gasteiger partial charge >= 0.3 is 0 Å². The number of rotatable bonds is 8. The van der Waals surface area contributed by atoms with Crippen LogP contribution in [0.4, 0.5) is 11.4 Å². The first kappa shape index (κ1) is 22.9. The zero-order valence-corrected chi connectivity index (χ0v) is 18.6. The largest absolute Gasteiger partial charge is 0.489 e. The molecule has 0 atom stereocenters. The van der Waals surface area contributed by atoms with Gasteiger partial charge in [-0.2, -0.15) is 0 Å². The molecule has 3 rings (SSSR count). The molecule has 0 aliphatic heterocycles. The Labute approximate surface area is 189 Å². The number of amides is 2. The molecule has 0 spiro atoms. The molecular weight excluding hydrogens is 402 g/mol. The molecule has 0 heterocycles. The van der Waals surface area contributed by atoms with Crippen LogP contribution in [-0.4, -0.2) is 23.9 Å². The number of hydrogen-bond donors (Lipinski definition) is 3. The highest BCUT2D eigenvalue weighted by Gasteiger charge is 2.15. The van der Waals surface area contributed by atoms with Gasteiger partial charge in [0.15, 0.2) is 0 Å². The summed E-state index contributed by atoms with van der Waals surface area (Å²) in [6, 6.07) is 24.3. The van der Waals surface area contributed by atoms with Gasteiger partial charge in [0, 0.05) is 22.5 Å². The predicted molar refractivity (Wildman–Crippen MR) is 128 cm³/mol.